The topological polar surface area (TPSA) is 75.7 Å². The fraction of sp³-hybridized carbons (Fsp3) is 0.588. The van der Waals surface area contributed by atoms with Gasteiger partial charge >= 0.3 is 0 Å². The summed E-state index contributed by atoms with van der Waals surface area (Å²) in [5.74, 6) is -0.328. The summed E-state index contributed by atoms with van der Waals surface area (Å²) in [6.45, 7) is 7.85. The van der Waals surface area contributed by atoms with E-state index in [0.717, 1.165) is 17.4 Å². The number of rotatable bonds is 8. The monoisotopic (exact) mass is 356 g/mol. The molecule has 1 rings (SSSR count). The summed E-state index contributed by atoms with van der Waals surface area (Å²) < 4.78 is 30.9. The van der Waals surface area contributed by atoms with Gasteiger partial charge in [-0.05, 0) is 50.5 Å². The van der Waals surface area contributed by atoms with Crippen LogP contribution in [0, 0.1) is 13.8 Å². The fourth-order valence-electron chi connectivity index (χ4n) is 2.55. The van der Waals surface area contributed by atoms with Crippen molar-refractivity contribution in [2.24, 2.45) is 0 Å². The van der Waals surface area contributed by atoms with Gasteiger partial charge in [-0.3, -0.25) is 9.10 Å². The zero-order valence-corrected chi connectivity index (χ0v) is 16.1. The smallest absolute Gasteiger partial charge is 0.244 e. The summed E-state index contributed by atoms with van der Waals surface area (Å²) in [5, 5.41) is 2.81. The summed E-state index contributed by atoms with van der Waals surface area (Å²) >= 11 is 0. The number of nitrogens with one attached hydrogen (secondary N) is 1. The van der Waals surface area contributed by atoms with E-state index in [1.165, 1.54) is 4.31 Å². The Morgan fingerprint density at radius 3 is 2.38 bits per heavy atom. The lowest BCUT2D eigenvalue weighted by molar-refractivity contribution is -0.123. The van der Waals surface area contributed by atoms with Crippen LogP contribution in [0.25, 0.3) is 0 Å². The Morgan fingerprint density at radius 2 is 1.92 bits per heavy atom. The minimum Gasteiger partial charge on any atom is -0.383 e. The lowest BCUT2D eigenvalue weighted by atomic mass is 10.1. The molecule has 0 radical (unpaired) electrons. The number of nitrogens with zero attached hydrogens (tertiary/aromatic N) is 1. The molecular formula is C17H28N2O4S. The van der Waals surface area contributed by atoms with Gasteiger partial charge in [0.15, 0.2) is 0 Å². The van der Waals surface area contributed by atoms with E-state index >= 15 is 0 Å². The maximum Gasteiger partial charge on any atom is 0.244 e. The molecule has 1 N–H and O–H groups in total. The van der Waals surface area contributed by atoms with Crippen molar-refractivity contribution in [1.82, 2.24) is 5.32 Å². The number of carbonyl (C=O) groups is 1. The minimum atomic E-state index is -3.61. The van der Waals surface area contributed by atoms with E-state index in [-0.39, 0.29) is 11.9 Å². The molecule has 0 aromatic heterocycles. The highest BCUT2D eigenvalue weighted by Crippen LogP contribution is 2.25. The van der Waals surface area contributed by atoms with Gasteiger partial charge in [-0.15, -0.1) is 0 Å². The Balaban J connectivity index is 3.22. The Morgan fingerprint density at radius 1 is 1.29 bits per heavy atom. The van der Waals surface area contributed by atoms with Crippen molar-refractivity contribution in [3.8, 4) is 0 Å². The number of hydrogen-bond acceptors (Lipinski definition) is 4. The van der Waals surface area contributed by atoms with Crippen molar-refractivity contribution in [3.05, 3.63) is 29.3 Å². The van der Waals surface area contributed by atoms with Gasteiger partial charge in [-0.1, -0.05) is 13.0 Å². The van der Waals surface area contributed by atoms with Gasteiger partial charge in [0.05, 0.1) is 18.6 Å². The second kappa shape index (κ2) is 8.48. The largest absolute Gasteiger partial charge is 0.383 e. The van der Waals surface area contributed by atoms with Crippen LogP contribution in [0.1, 0.15) is 31.4 Å². The van der Waals surface area contributed by atoms with Crippen LogP contribution in [0.2, 0.25) is 0 Å². The molecule has 136 valence electrons. The lowest BCUT2D eigenvalue weighted by Gasteiger charge is -2.31. The molecule has 2 atom stereocenters. The van der Waals surface area contributed by atoms with E-state index in [9.17, 15) is 13.2 Å². The summed E-state index contributed by atoms with van der Waals surface area (Å²) in [4.78, 5) is 12.6. The first-order valence-corrected chi connectivity index (χ1v) is 9.82. The predicted octanol–water partition coefficient (Wildman–Crippen LogP) is 2.00. The number of benzene rings is 1. The molecular weight excluding hydrogens is 328 g/mol. The number of amides is 1. The first-order chi connectivity index (χ1) is 11.1. The van der Waals surface area contributed by atoms with Gasteiger partial charge in [0.25, 0.3) is 0 Å². The SMILES string of the molecule is CC[C@H](C(=O)N[C@H](C)COC)N(c1ccc(C)c(C)c1)S(C)(=O)=O. The van der Waals surface area contributed by atoms with Crippen molar-refractivity contribution in [1.29, 1.82) is 0 Å². The van der Waals surface area contributed by atoms with Gasteiger partial charge in [0, 0.05) is 13.2 Å². The number of sulfonamides is 1. The molecule has 1 aromatic carbocycles. The zero-order chi connectivity index (χ0) is 18.5. The number of hydrogen-bond donors (Lipinski definition) is 1. The Kier molecular flexibility index (Phi) is 7.23. The van der Waals surface area contributed by atoms with E-state index in [0.29, 0.717) is 18.7 Å². The van der Waals surface area contributed by atoms with Gasteiger partial charge < -0.3 is 10.1 Å². The summed E-state index contributed by atoms with van der Waals surface area (Å²) in [7, 11) is -2.06. The highest BCUT2D eigenvalue weighted by atomic mass is 32.2. The summed E-state index contributed by atoms with van der Waals surface area (Å²) in [6, 6.07) is 4.39. The van der Waals surface area contributed by atoms with Crippen LogP contribution in [0.3, 0.4) is 0 Å². The summed E-state index contributed by atoms with van der Waals surface area (Å²) in [5.41, 5.74) is 2.55. The molecule has 1 amide bonds. The fourth-order valence-corrected chi connectivity index (χ4v) is 3.76. The average molecular weight is 356 g/mol. The molecule has 24 heavy (non-hydrogen) atoms. The normalized spacial score (nSPS) is 14.1. The first kappa shape index (κ1) is 20.4. The van der Waals surface area contributed by atoms with Crippen molar-refractivity contribution in [2.45, 2.75) is 46.2 Å². The molecule has 0 bridgehead atoms. The molecule has 0 aliphatic rings. The number of aryl methyl sites for hydroxylation is 2. The third-order valence-corrected chi connectivity index (χ3v) is 5.06. The highest BCUT2D eigenvalue weighted by molar-refractivity contribution is 7.92. The molecule has 1 aromatic rings. The van der Waals surface area contributed by atoms with E-state index in [1.807, 2.05) is 26.8 Å². The third-order valence-electron chi connectivity index (χ3n) is 3.88. The molecule has 0 saturated heterocycles. The van der Waals surface area contributed by atoms with Gasteiger partial charge in [0.1, 0.15) is 6.04 Å². The van der Waals surface area contributed by atoms with E-state index in [4.69, 9.17) is 4.74 Å². The Bertz CT molecular complexity index is 673. The predicted molar refractivity (Wildman–Crippen MR) is 96.8 cm³/mol. The Labute approximate surface area is 145 Å². The molecule has 0 aliphatic heterocycles. The zero-order valence-electron chi connectivity index (χ0n) is 15.3. The molecule has 0 unspecified atom stereocenters. The average Bonchev–Trinajstić information content (AvgIpc) is 2.46. The van der Waals surface area contributed by atoms with Crippen molar-refractivity contribution in [3.63, 3.8) is 0 Å². The van der Waals surface area contributed by atoms with E-state index in [1.54, 1.807) is 26.2 Å². The van der Waals surface area contributed by atoms with Crippen molar-refractivity contribution < 1.29 is 17.9 Å². The minimum absolute atomic E-state index is 0.197. The standard InChI is InChI=1S/C17H28N2O4S/c1-7-16(17(20)18-14(4)11-23-5)19(24(6,21)22)15-9-8-12(2)13(3)10-15/h8-10,14,16H,7,11H2,1-6H3,(H,18,20)/t14-,16-/m1/s1. The quantitative estimate of drug-likeness (QED) is 0.773. The summed E-state index contributed by atoms with van der Waals surface area (Å²) in [6.07, 6.45) is 1.49. The molecule has 0 heterocycles. The lowest BCUT2D eigenvalue weighted by Crippen LogP contribution is -2.51. The van der Waals surface area contributed by atoms with Crippen LogP contribution < -0.4 is 9.62 Å². The van der Waals surface area contributed by atoms with Crippen LogP contribution >= 0.6 is 0 Å². The molecule has 0 saturated carbocycles. The maximum absolute atomic E-state index is 12.6. The van der Waals surface area contributed by atoms with Crippen LogP contribution in [0.15, 0.2) is 18.2 Å². The Hall–Kier alpha value is -1.60. The van der Waals surface area contributed by atoms with Crippen LogP contribution in [-0.4, -0.2) is 46.4 Å². The molecule has 7 heteroatoms. The second-order valence-corrected chi connectivity index (χ2v) is 7.98. The molecule has 0 fully saturated rings. The number of ether oxygens (including phenoxy) is 1. The van der Waals surface area contributed by atoms with Gasteiger partial charge in [0.2, 0.25) is 15.9 Å². The second-order valence-electron chi connectivity index (χ2n) is 6.12. The van der Waals surface area contributed by atoms with E-state index in [2.05, 4.69) is 5.32 Å². The molecule has 0 aliphatic carbocycles. The van der Waals surface area contributed by atoms with Crippen LogP contribution in [0.5, 0.6) is 0 Å². The molecule has 0 spiro atoms. The number of anilines is 1. The highest BCUT2D eigenvalue weighted by Gasteiger charge is 2.32. The number of methoxy groups -OCH3 is 1. The first-order valence-electron chi connectivity index (χ1n) is 7.97. The van der Waals surface area contributed by atoms with Crippen LogP contribution in [-0.2, 0) is 19.6 Å². The van der Waals surface area contributed by atoms with Crippen molar-refractivity contribution >= 4 is 21.6 Å². The number of carbonyl (C=O) groups excluding carboxylic acids is 1. The van der Waals surface area contributed by atoms with E-state index < -0.39 is 16.1 Å². The van der Waals surface area contributed by atoms with Gasteiger partial charge in [-0.2, -0.15) is 0 Å². The third kappa shape index (κ3) is 5.21. The molecule has 6 nitrogen and oxygen atoms in total. The van der Waals surface area contributed by atoms with Crippen molar-refractivity contribution in [2.75, 3.05) is 24.3 Å². The maximum atomic E-state index is 12.6. The van der Waals surface area contributed by atoms with Gasteiger partial charge in [-0.25, -0.2) is 8.42 Å². The van der Waals surface area contributed by atoms with Crippen LogP contribution in [0.4, 0.5) is 5.69 Å².